The standard InChI is InChI=1S/C22H13ClF2N2O4S/c23-32(30,31)18-11-13(8-9-15(18)25)21(29)19(20(28)12-4-3-5-14(24)10-12)22-26-16-6-1-2-7-17(16)27-22/h1-11,28H,(H,26,27). The van der Waals surface area contributed by atoms with Crippen molar-refractivity contribution in [2.75, 3.05) is 0 Å². The number of hydrogen-bond acceptors (Lipinski definition) is 5. The fraction of sp³-hybridized carbons (Fsp3) is 0. The Kier molecular flexibility index (Phi) is 5.53. The number of fused-ring (bicyclic) bond motifs is 1. The first-order valence-corrected chi connectivity index (χ1v) is 11.4. The van der Waals surface area contributed by atoms with Gasteiger partial charge in [-0.05, 0) is 42.5 Å². The summed E-state index contributed by atoms with van der Waals surface area (Å²) in [4.78, 5) is 19.7. The van der Waals surface area contributed by atoms with Crippen LogP contribution < -0.4 is 0 Å². The maximum absolute atomic E-state index is 14.0. The van der Waals surface area contributed by atoms with E-state index in [4.69, 9.17) is 10.7 Å². The first kappa shape index (κ1) is 21.7. The molecule has 6 nitrogen and oxygen atoms in total. The van der Waals surface area contributed by atoms with Crippen LogP contribution in [0, 0.1) is 11.6 Å². The van der Waals surface area contributed by atoms with E-state index in [0.29, 0.717) is 11.0 Å². The summed E-state index contributed by atoms with van der Waals surface area (Å²) in [6.45, 7) is 0. The predicted molar refractivity (Wildman–Crippen MR) is 116 cm³/mol. The van der Waals surface area contributed by atoms with Crippen molar-refractivity contribution in [1.29, 1.82) is 0 Å². The Bertz CT molecular complexity index is 1480. The normalized spacial score (nSPS) is 12.6. The average Bonchev–Trinajstić information content (AvgIpc) is 3.16. The van der Waals surface area contributed by atoms with Gasteiger partial charge in [0.25, 0.3) is 9.05 Å². The molecule has 0 radical (unpaired) electrons. The third-order valence-corrected chi connectivity index (χ3v) is 5.98. The van der Waals surface area contributed by atoms with Gasteiger partial charge in [-0.25, -0.2) is 22.2 Å². The number of para-hydroxylation sites is 2. The first-order chi connectivity index (χ1) is 15.1. The minimum atomic E-state index is -4.48. The number of allylic oxidation sites excluding steroid dienone is 1. The minimum absolute atomic E-state index is 0.0129. The summed E-state index contributed by atoms with van der Waals surface area (Å²) in [7, 11) is 0.781. The van der Waals surface area contributed by atoms with Crippen molar-refractivity contribution in [3.63, 3.8) is 0 Å². The van der Waals surface area contributed by atoms with E-state index in [-0.39, 0.29) is 22.5 Å². The molecule has 0 saturated heterocycles. The van der Waals surface area contributed by atoms with Gasteiger partial charge in [0, 0.05) is 21.8 Å². The number of aromatic amines is 1. The van der Waals surface area contributed by atoms with Crippen molar-refractivity contribution >= 4 is 47.9 Å². The number of imidazole rings is 1. The molecule has 3 aromatic carbocycles. The van der Waals surface area contributed by atoms with E-state index in [1.165, 1.54) is 12.1 Å². The Balaban J connectivity index is 1.96. The third-order valence-electron chi connectivity index (χ3n) is 4.64. The quantitative estimate of drug-likeness (QED) is 0.182. The number of halogens is 3. The molecule has 0 amide bonds. The van der Waals surface area contributed by atoms with Gasteiger partial charge in [-0.2, -0.15) is 0 Å². The highest BCUT2D eigenvalue weighted by Gasteiger charge is 2.26. The smallest absolute Gasteiger partial charge is 0.264 e. The van der Waals surface area contributed by atoms with Gasteiger partial charge in [-0.3, -0.25) is 4.79 Å². The number of ketones is 1. The summed E-state index contributed by atoms with van der Waals surface area (Å²) in [5.41, 5.74) is 0.396. The summed E-state index contributed by atoms with van der Waals surface area (Å²) in [6.07, 6.45) is 0. The molecule has 1 aromatic heterocycles. The van der Waals surface area contributed by atoms with E-state index in [2.05, 4.69) is 9.97 Å². The van der Waals surface area contributed by atoms with E-state index in [9.17, 15) is 27.1 Å². The molecular weight excluding hydrogens is 462 g/mol. The maximum Gasteiger partial charge on any atom is 0.264 e. The van der Waals surface area contributed by atoms with Crippen molar-refractivity contribution in [2.24, 2.45) is 0 Å². The maximum atomic E-state index is 14.0. The molecule has 0 atom stereocenters. The van der Waals surface area contributed by atoms with Crippen molar-refractivity contribution < 1.29 is 27.1 Å². The van der Waals surface area contributed by atoms with Crippen LogP contribution in [0.25, 0.3) is 22.4 Å². The van der Waals surface area contributed by atoms with Crippen LogP contribution >= 0.6 is 10.7 Å². The molecule has 0 bridgehead atoms. The summed E-state index contributed by atoms with van der Waals surface area (Å²) in [6, 6.07) is 14.3. The van der Waals surface area contributed by atoms with Gasteiger partial charge >= 0.3 is 0 Å². The van der Waals surface area contributed by atoms with Gasteiger partial charge in [0.2, 0.25) is 5.78 Å². The van der Waals surface area contributed by atoms with E-state index in [1.54, 1.807) is 24.3 Å². The lowest BCUT2D eigenvalue weighted by atomic mass is 9.98. The number of Topliss-reactive ketones (excluding diaryl/α,β-unsaturated/α-hetero) is 1. The fourth-order valence-corrected chi connectivity index (χ4v) is 4.08. The van der Waals surface area contributed by atoms with Crippen LogP contribution in [0.2, 0.25) is 0 Å². The number of rotatable bonds is 5. The molecule has 10 heteroatoms. The predicted octanol–water partition coefficient (Wildman–Crippen LogP) is 5.08. The first-order valence-electron chi connectivity index (χ1n) is 9.08. The van der Waals surface area contributed by atoms with E-state index in [0.717, 1.165) is 30.3 Å². The van der Waals surface area contributed by atoms with Crippen LogP contribution in [0.15, 0.2) is 71.6 Å². The van der Waals surface area contributed by atoms with Gasteiger partial charge in [-0.15, -0.1) is 0 Å². The lowest BCUT2D eigenvalue weighted by Gasteiger charge is -2.10. The molecule has 0 unspecified atom stereocenters. The molecule has 4 rings (SSSR count). The molecule has 1 heterocycles. The highest BCUT2D eigenvalue weighted by molar-refractivity contribution is 8.13. The van der Waals surface area contributed by atoms with Gasteiger partial charge in [-0.1, -0.05) is 24.3 Å². The second kappa shape index (κ2) is 8.18. The number of aliphatic hydroxyl groups excluding tert-OH is 1. The Morgan fingerprint density at radius 3 is 2.41 bits per heavy atom. The third kappa shape index (κ3) is 4.12. The van der Waals surface area contributed by atoms with Gasteiger partial charge < -0.3 is 10.1 Å². The molecule has 0 aliphatic rings. The number of nitrogens with one attached hydrogen (secondary N) is 1. The lowest BCUT2D eigenvalue weighted by molar-refractivity contribution is 0.105. The van der Waals surface area contributed by atoms with E-state index >= 15 is 0 Å². The SMILES string of the molecule is O=C(C(=C(O)c1cccc(F)c1)c1nc2ccccc2[nH]1)c1ccc(F)c(S(=O)(=O)Cl)c1. The number of aliphatic hydroxyl groups is 1. The van der Waals surface area contributed by atoms with Crippen molar-refractivity contribution in [1.82, 2.24) is 9.97 Å². The molecule has 0 aliphatic carbocycles. The second-order valence-electron chi connectivity index (χ2n) is 6.75. The van der Waals surface area contributed by atoms with Gasteiger partial charge in [0.1, 0.15) is 33.7 Å². The minimum Gasteiger partial charge on any atom is -0.506 e. The Morgan fingerprint density at radius 2 is 1.72 bits per heavy atom. The van der Waals surface area contributed by atoms with Crippen molar-refractivity contribution in [2.45, 2.75) is 4.90 Å². The van der Waals surface area contributed by atoms with E-state index < -0.39 is 37.1 Å². The largest absolute Gasteiger partial charge is 0.506 e. The summed E-state index contributed by atoms with van der Waals surface area (Å²) >= 11 is 0. The second-order valence-corrected chi connectivity index (χ2v) is 9.28. The Hall–Kier alpha value is -3.56. The number of benzene rings is 3. The van der Waals surface area contributed by atoms with Crippen LogP contribution in [-0.4, -0.2) is 29.3 Å². The summed E-state index contributed by atoms with van der Waals surface area (Å²) in [5, 5.41) is 10.9. The van der Waals surface area contributed by atoms with Crippen LogP contribution in [0.3, 0.4) is 0 Å². The number of aromatic nitrogens is 2. The molecular formula is C22H13ClF2N2O4S. The van der Waals surface area contributed by atoms with Crippen molar-refractivity contribution in [3.8, 4) is 0 Å². The molecule has 0 aliphatic heterocycles. The Labute approximate surface area is 185 Å². The van der Waals surface area contributed by atoms with Crippen LogP contribution in [-0.2, 0) is 9.05 Å². The topological polar surface area (TPSA) is 100 Å². The molecule has 162 valence electrons. The van der Waals surface area contributed by atoms with E-state index in [1.807, 2.05) is 0 Å². The highest BCUT2D eigenvalue weighted by atomic mass is 35.7. The average molecular weight is 475 g/mol. The number of H-pyrrole nitrogens is 1. The zero-order chi connectivity index (χ0) is 23.0. The molecule has 0 spiro atoms. The molecule has 4 aromatic rings. The molecule has 0 saturated carbocycles. The zero-order valence-electron chi connectivity index (χ0n) is 16.0. The number of carbonyl (C=O) groups is 1. The fourth-order valence-electron chi connectivity index (χ4n) is 3.15. The monoisotopic (exact) mass is 474 g/mol. The molecule has 32 heavy (non-hydrogen) atoms. The lowest BCUT2D eigenvalue weighted by Crippen LogP contribution is -2.09. The zero-order valence-corrected chi connectivity index (χ0v) is 17.6. The van der Waals surface area contributed by atoms with Gasteiger partial charge in [0.05, 0.1) is 11.0 Å². The highest BCUT2D eigenvalue weighted by Crippen LogP contribution is 2.30. The van der Waals surface area contributed by atoms with Crippen LogP contribution in [0.5, 0.6) is 0 Å². The molecule has 0 fully saturated rings. The van der Waals surface area contributed by atoms with Crippen LogP contribution in [0.4, 0.5) is 8.78 Å². The number of nitrogens with zero attached hydrogens (tertiary/aromatic N) is 1. The number of carbonyl (C=O) groups excluding carboxylic acids is 1. The summed E-state index contributed by atoms with van der Waals surface area (Å²) in [5.74, 6) is -3.32. The van der Waals surface area contributed by atoms with Crippen LogP contribution in [0.1, 0.15) is 21.7 Å². The van der Waals surface area contributed by atoms with Gasteiger partial charge in [0.15, 0.2) is 0 Å². The molecule has 2 N–H and O–H groups in total. The Morgan fingerprint density at radius 1 is 0.969 bits per heavy atom. The number of hydrogen-bond donors (Lipinski definition) is 2. The van der Waals surface area contributed by atoms with Crippen molar-refractivity contribution in [3.05, 3.63) is 95.3 Å². The summed E-state index contributed by atoms with van der Waals surface area (Å²) < 4.78 is 51.1.